The number of allylic oxidation sites excluding steroid dienone is 6. The van der Waals surface area contributed by atoms with Crippen LogP contribution in [0.3, 0.4) is 0 Å². The van der Waals surface area contributed by atoms with Crippen molar-refractivity contribution in [2.75, 3.05) is 0 Å². The number of hydrogen-bond acceptors (Lipinski definition) is 6. The molecule has 2 aliphatic carbocycles. The van der Waals surface area contributed by atoms with Crippen molar-refractivity contribution < 1.29 is 19.5 Å². The minimum atomic E-state index is -0.130. The molecule has 6 heteroatoms. The summed E-state index contributed by atoms with van der Waals surface area (Å²) >= 11 is 2.66. The smallest absolute Gasteiger partial charge is 0.223 e. The SMILES string of the molecule is O=C1SC2CCCCC2C(=O)C1=CC=CC=CC1=C(O)C2CCCCC2SC1=O. The fraction of sp³-hybridized carbons (Fsp3) is 0.522. The summed E-state index contributed by atoms with van der Waals surface area (Å²) in [6.07, 6.45) is 16.4. The summed E-state index contributed by atoms with van der Waals surface area (Å²) in [5.41, 5.74) is 0.653. The summed E-state index contributed by atoms with van der Waals surface area (Å²) in [5.74, 6) is 0.257. The maximum Gasteiger partial charge on any atom is 0.223 e. The fourth-order valence-corrected chi connectivity index (χ4v) is 7.33. The van der Waals surface area contributed by atoms with E-state index in [4.69, 9.17) is 0 Å². The highest BCUT2D eigenvalue weighted by Gasteiger charge is 2.41. The monoisotopic (exact) mass is 430 g/mol. The highest BCUT2D eigenvalue weighted by atomic mass is 32.2. The van der Waals surface area contributed by atoms with E-state index in [1.807, 2.05) is 0 Å². The second-order valence-electron chi connectivity index (χ2n) is 8.16. The number of thioether (sulfide) groups is 2. The quantitative estimate of drug-likeness (QED) is 0.383. The Labute approximate surface area is 180 Å². The van der Waals surface area contributed by atoms with E-state index >= 15 is 0 Å². The summed E-state index contributed by atoms with van der Waals surface area (Å²) < 4.78 is 0. The van der Waals surface area contributed by atoms with Crippen LogP contribution in [-0.4, -0.2) is 31.6 Å². The van der Waals surface area contributed by atoms with Crippen LogP contribution in [-0.2, 0) is 14.4 Å². The molecule has 4 aliphatic rings. The molecule has 1 saturated heterocycles. The van der Waals surface area contributed by atoms with Crippen LogP contribution in [0, 0.1) is 11.8 Å². The summed E-state index contributed by atoms with van der Waals surface area (Å²) in [7, 11) is 0. The molecule has 2 aliphatic heterocycles. The summed E-state index contributed by atoms with van der Waals surface area (Å²) in [6, 6.07) is 0. The molecule has 1 N–H and O–H groups in total. The predicted molar refractivity (Wildman–Crippen MR) is 118 cm³/mol. The number of aliphatic hydroxyl groups is 1. The minimum absolute atomic E-state index is 0.0189. The number of Topliss-reactive ketones (excluding diaryl/α,β-unsaturated/α-hetero) is 1. The van der Waals surface area contributed by atoms with Gasteiger partial charge in [0.25, 0.3) is 0 Å². The lowest BCUT2D eigenvalue weighted by Crippen LogP contribution is -2.37. The molecule has 4 nitrogen and oxygen atoms in total. The van der Waals surface area contributed by atoms with Crippen LogP contribution in [0.1, 0.15) is 51.4 Å². The van der Waals surface area contributed by atoms with Crippen LogP contribution in [0.5, 0.6) is 0 Å². The number of carbonyl (C=O) groups excluding carboxylic acids is 3. The average molecular weight is 431 g/mol. The number of carbonyl (C=O) groups is 3. The normalized spacial score (nSPS) is 34.9. The van der Waals surface area contributed by atoms with Crippen molar-refractivity contribution in [3.8, 4) is 0 Å². The Morgan fingerprint density at radius 3 is 2.14 bits per heavy atom. The first-order chi connectivity index (χ1) is 14.1. The van der Waals surface area contributed by atoms with Gasteiger partial charge >= 0.3 is 0 Å². The standard InChI is InChI=1S/C23H26O4S2/c24-20-14-8-4-6-12-18(14)28-22(26)16(20)10-2-1-3-11-17-21(25)15-9-5-7-13-19(15)29-23(17)27/h1-3,10-11,14-15,18-19,24H,4-9,12-13H2. The Morgan fingerprint density at radius 2 is 1.38 bits per heavy atom. The molecule has 4 atom stereocenters. The Kier molecular flexibility index (Phi) is 6.50. The molecule has 154 valence electrons. The van der Waals surface area contributed by atoms with Crippen molar-refractivity contribution in [1.29, 1.82) is 0 Å². The highest BCUT2D eigenvalue weighted by molar-refractivity contribution is 8.15. The van der Waals surface area contributed by atoms with Gasteiger partial charge in [0.1, 0.15) is 5.76 Å². The Morgan fingerprint density at radius 1 is 0.759 bits per heavy atom. The Balaban J connectivity index is 1.44. The van der Waals surface area contributed by atoms with Crippen LogP contribution in [0.25, 0.3) is 0 Å². The predicted octanol–water partition coefficient (Wildman–Crippen LogP) is 5.07. The molecule has 0 aromatic heterocycles. The molecule has 0 aromatic carbocycles. The maximum absolute atomic E-state index is 12.7. The minimum Gasteiger partial charge on any atom is -0.511 e. The highest BCUT2D eigenvalue weighted by Crippen LogP contribution is 2.43. The summed E-state index contributed by atoms with van der Waals surface area (Å²) in [4.78, 5) is 37.3. The number of aliphatic hydroxyl groups excluding tert-OH is 1. The molecule has 0 spiro atoms. The number of ketones is 1. The van der Waals surface area contributed by atoms with E-state index < -0.39 is 0 Å². The molecule has 4 rings (SSSR count). The third-order valence-corrected chi connectivity index (χ3v) is 8.94. The second kappa shape index (κ2) is 9.09. The molecular weight excluding hydrogens is 404 g/mol. The second-order valence-corrected chi connectivity index (χ2v) is 10.6. The van der Waals surface area contributed by atoms with Crippen molar-refractivity contribution in [3.63, 3.8) is 0 Å². The van der Waals surface area contributed by atoms with Crippen LogP contribution >= 0.6 is 23.5 Å². The van der Waals surface area contributed by atoms with Crippen LogP contribution in [0.15, 0.2) is 47.3 Å². The molecular formula is C23H26O4S2. The lowest BCUT2D eigenvalue weighted by molar-refractivity contribution is -0.122. The molecule has 4 unspecified atom stereocenters. The van der Waals surface area contributed by atoms with Gasteiger partial charge in [0, 0.05) is 22.3 Å². The number of hydrogen-bond donors (Lipinski definition) is 1. The van der Waals surface area contributed by atoms with Gasteiger partial charge in [-0.2, -0.15) is 0 Å². The first kappa shape index (κ1) is 20.7. The van der Waals surface area contributed by atoms with Gasteiger partial charge in [-0.3, -0.25) is 14.4 Å². The number of rotatable bonds is 3. The van der Waals surface area contributed by atoms with E-state index in [2.05, 4.69) is 0 Å². The molecule has 29 heavy (non-hydrogen) atoms. The van der Waals surface area contributed by atoms with Crippen molar-refractivity contribution >= 4 is 39.5 Å². The molecule has 0 amide bonds. The maximum atomic E-state index is 12.7. The zero-order valence-corrected chi connectivity index (χ0v) is 18.0. The lowest BCUT2D eigenvalue weighted by atomic mass is 9.83. The van der Waals surface area contributed by atoms with Crippen molar-refractivity contribution in [2.24, 2.45) is 11.8 Å². The van der Waals surface area contributed by atoms with Crippen LogP contribution in [0.2, 0.25) is 0 Å². The Bertz CT molecular complexity index is 836. The average Bonchev–Trinajstić information content (AvgIpc) is 2.72. The molecule has 0 aromatic rings. The van der Waals surface area contributed by atoms with Gasteiger partial charge < -0.3 is 5.11 Å². The fourth-order valence-electron chi connectivity index (χ4n) is 4.77. The number of fused-ring (bicyclic) bond motifs is 2. The van der Waals surface area contributed by atoms with E-state index in [-0.39, 0.29) is 49.7 Å². The van der Waals surface area contributed by atoms with Crippen LogP contribution in [0.4, 0.5) is 0 Å². The van der Waals surface area contributed by atoms with Crippen molar-refractivity contribution in [3.05, 3.63) is 47.3 Å². The molecule has 2 heterocycles. The van der Waals surface area contributed by atoms with E-state index in [0.29, 0.717) is 5.57 Å². The van der Waals surface area contributed by atoms with Gasteiger partial charge in [-0.25, -0.2) is 0 Å². The van der Waals surface area contributed by atoms with Gasteiger partial charge in [0.05, 0.1) is 11.1 Å². The van der Waals surface area contributed by atoms with Gasteiger partial charge in [-0.15, -0.1) is 0 Å². The third-order valence-electron chi connectivity index (χ3n) is 6.34. The van der Waals surface area contributed by atoms with E-state index in [9.17, 15) is 19.5 Å². The Hall–Kier alpha value is -1.53. The van der Waals surface area contributed by atoms with Crippen LogP contribution < -0.4 is 0 Å². The van der Waals surface area contributed by atoms with Crippen molar-refractivity contribution in [2.45, 2.75) is 61.9 Å². The van der Waals surface area contributed by atoms with Gasteiger partial charge in [0.15, 0.2) is 5.78 Å². The largest absolute Gasteiger partial charge is 0.511 e. The van der Waals surface area contributed by atoms with E-state index in [0.717, 1.165) is 51.4 Å². The first-order valence-electron chi connectivity index (χ1n) is 10.5. The zero-order valence-electron chi connectivity index (χ0n) is 16.3. The van der Waals surface area contributed by atoms with Gasteiger partial charge in [0.2, 0.25) is 10.2 Å². The summed E-state index contributed by atoms with van der Waals surface area (Å²) in [5, 5.41) is 10.7. The third kappa shape index (κ3) is 4.33. The zero-order chi connectivity index (χ0) is 20.4. The van der Waals surface area contributed by atoms with Crippen molar-refractivity contribution in [1.82, 2.24) is 0 Å². The van der Waals surface area contributed by atoms with Gasteiger partial charge in [-0.1, -0.05) is 67.4 Å². The van der Waals surface area contributed by atoms with E-state index in [1.165, 1.54) is 23.5 Å². The lowest BCUT2D eigenvalue weighted by Gasteiger charge is -2.34. The molecule has 2 saturated carbocycles. The summed E-state index contributed by atoms with van der Waals surface area (Å²) in [6.45, 7) is 0. The van der Waals surface area contributed by atoms with E-state index in [1.54, 1.807) is 30.4 Å². The molecule has 0 radical (unpaired) electrons. The topological polar surface area (TPSA) is 71.4 Å². The molecule has 0 bridgehead atoms. The van der Waals surface area contributed by atoms with Gasteiger partial charge in [-0.05, 0) is 37.8 Å². The first-order valence-corrected chi connectivity index (χ1v) is 12.3. The molecule has 3 fully saturated rings.